The molecule has 0 bridgehead atoms. The van der Waals surface area contributed by atoms with Crippen molar-refractivity contribution in [1.29, 1.82) is 0 Å². The molecule has 1 saturated carbocycles. The number of aliphatic hydroxyl groups excluding tert-OH is 1. The molecular weight excluding hydrogens is 346 g/mol. The van der Waals surface area contributed by atoms with Crippen LogP contribution in [0, 0.1) is 17.8 Å². The number of fused-ring (bicyclic) bond motifs is 1. The highest BCUT2D eigenvalue weighted by molar-refractivity contribution is 5.20. The third kappa shape index (κ3) is 7.00. The van der Waals surface area contributed by atoms with Gasteiger partial charge in [0.2, 0.25) is 0 Å². The lowest BCUT2D eigenvalue weighted by Gasteiger charge is -2.26. The molecule has 2 N–H and O–H groups in total. The van der Waals surface area contributed by atoms with Gasteiger partial charge in [-0.2, -0.15) is 0 Å². The van der Waals surface area contributed by atoms with Crippen LogP contribution in [0.15, 0.2) is 23.8 Å². The van der Waals surface area contributed by atoms with Crippen molar-refractivity contribution in [3.05, 3.63) is 23.8 Å². The first kappa shape index (κ1) is 23.6. The molecule has 3 heteroatoms. The van der Waals surface area contributed by atoms with Gasteiger partial charge >= 0.3 is 0 Å². The molecule has 0 saturated heterocycles. The minimum Gasteiger partial charge on any atom is -0.392 e. The maximum atomic E-state index is 10.8. The van der Waals surface area contributed by atoms with Crippen LogP contribution in [0.25, 0.3) is 0 Å². The summed E-state index contributed by atoms with van der Waals surface area (Å²) in [6, 6.07) is 0. The van der Waals surface area contributed by atoms with Crippen LogP contribution >= 0.6 is 0 Å². The highest BCUT2D eigenvalue weighted by Crippen LogP contribution is 2.48. The van der Waals surface area contributed by atoms with Gasteiger partial charge in [0.25, 0.3) is 0 Å². The zero-order valence-corrected chi connectivity index (χ0v) is 18.9. The van der Waals surface area contributed by atoms with Crippen LogP contribution in [0.3, 0.4) is 0 Å². The summed E-state index contributed by atoms with van der Waals surface area (Å²) in [6.07, 6.45) is 18.5. The third-order valence-electron chi connectivity index (χ3n) is 7.06. The van der Waals surface area contributed by atoms with Gasteiger partial charge in [0.15, 0.2) is 0 Å². The number of allylic oxidation sites excluding steroid dienone is 2. The average Bonchev–Trinajstić information content (AvgIpc) is 3.17. The van der Waals surface area contributed by atoms with Crippen molar-refractivity contribution < 1.29 is 10.2 Å². The van der Waals surface area contributed by atoms with Crippen molar-refractivity contribution in [2.75, 3.05) is 20.6 Å². The van der Waals surface area contributed by atoms with Crippen molar-refractivity contribution in [3.8, 4) is 0 Å². The molecule has 0 aromatic rings. The Bertz CT molecular complexity index is 513. The van der Waals surface area contributed by atoms with Gasteiger partial charge in [-0.05, 0) is 83.8 Å². The molecule has 0 aromatic carbocycles. The molecule has 2 aliphatic rings. The van der Waals surface area contributed by atoms with E-state index in [2.05, 4.69) is 51.1 Å². The smallest absolute Gasteiger partial charge is 0.0679 e. The molecule has 2 rings (SSSR count). The predicted molar refractivity (Wildman–Crippen MR) is 119 cm³/mol. The first-order valence-corrected chi connectivity index (χ1v) is 11.8. The normalized spacial score (nSPS) is 29.5. The van der Waals surface area contributed by atoms with E-state index in [0.717, 1.165) is 44.9 Å². The number of rotatable bonds is 13. The second kappa shape index (κ2) is 11.5. The maximum absolute atomic E-state index is 10.8. The third-order valence-corrected chi connectivity index (χ3v) is 7.06. The van der Waals surface area contributed by atoms with Crippen LogP contribution in [-0.4, -0.2) is 47.5 Å². The fourth-order valence-corrected chi connectivity index (χ4v) is 5.12. The van der Waals surface area contributed by atoms with Gasteiger partial charge < -0.3 is 15.1 Å². The van der Waals surface area contributed by atoms with E-state index in [4.69, 9.17) is 0 Å². The van der Waals surface area contributed by atoms with Crippen LogP contribution in [0.5, 0.6) is 0 Å². The van der Waals surface area contributed by atoms with Gasteiger partial charge in [-0.15, -0.1) is 0 Å². The van der Waals surface area contributed by atoms with Gasteiger partial charge in [0.05, 0.1) is 11.7 Å². The van der Waals surface area contributed by atoms with Crippen molar-refractivity contribution >= 4 is 0 Å². The Morgan fingerprint density at radius 1 is 1.18 bits per heavy atom. The van der Waals surface area contributed by atoms with E-state index in [1.807, 2.05) is 0 Å². The molecule has 0 radical (unpaired) electrons. The summed E-state index contributed by atoms with van der Waals surface area (Å²) in [5, 5.41) is 21.3. The molecule has 1 fully saturated rings. The lowest BCUT2D eigenvalue weighted by Crippen LogP contribution is -2.27. The molecule has 28 heavy (non-hydrogen) atoms. The molecule has 5 atom stereocenters. The SMILES string of the molecule is CCCC[C@@](O)(CC)CC=C[C@@H]1[C@H]2CC(CCCCCN(C)C)=C[C@H]2C[C@H]1O. The first-order chi connectivity index (χ1) is 13.4. The van der Waals surface area contributed by atoms with Crippen molar-refractivity contribution in [1.82, 2.24) is 4.90 Å². The van der Waals surface area contributed by atoms with Gasteiger partial charge in [0.1, 0.15) is 0 Å². The van der Waals surface area contributed by atoms with Crippen LogP contribution in [-0.2, 0) is 0 Å². The minimum atomic E-state index is -0.568. The van der Waals surface area contributed by atoms with Crippen LogP contribution in [0.4, 0.5) is 0 Å². The summed E-state index contributed by atoms with van der Waals surface area (Å²) in [5.41, 5.74) is 1.05. The summed E-state index contributed by atoms with van der Waals surface area (Å²) in [4.78, 5) is 2.26. The van der Waals surface area contributed by atoms with E-state index >= 15 is 0 Å². The Labute approximate surface area is 173 Å². The predicted octanol–water partition coefficient (Wildman–Crippen LogP) is 5.33. The monoisotopic (exact) mass is 391 g/mol. The Kier molecular flexibility index (Phi) is 9.73. The van der Waals surface area contributed by atoms with Crippen molar-refractivity contribution in [2.45, 2.75) is 96.2 Å². The fraction of sp³-hybridized carbons (Fsp3) is 0.840. The second-order valence-electron chi connectivity index (χ2n) is 9.66. The summed E-state index contributed by atoms with van der Waals surface area (Å²) >= 11 is 0. The van der Waals surface area contributed by atoms with Crippen molar-refractivity contribution in [2.24, 2.45) is 17.8 Å². The average molecular weight is 392 g/mol. The summed E-state index contributed by atoms with van der Waals surface area (Å²) < 4.78 is 0. The zero-order chi connectivity index (χ0) is 20.6. The highest BCUT2D eigenvalue weighted by atomic mass is 16.3. The Morgan fingerprint density at radius 2 is 1.96 bits per heavy atom. The molecule has 0 heterocycles. The second-order valence-corrected chi connectivity index (χ2v) is 9.66. The molecule has 2 aliphatic carbocycles. The van der Waals surface area contributed by atoms with Gasteiger partial charge in [-0.1, -0.05) is 56.9 Å². The number of unbranched alkanes of at least 4 members (excludes halogenated alkanes) is 3. The molecule has 0 spiro atoms. The van der Waals surface area contributed by atoms with Crippen LogP contribution in [0.2, 0.25) is 0 Å². The Morgan fingerprint density at radius 3 is 2.64 bits per heavy atom. The summed E-state index contributed by atoms with van der Waals surface area (Å²) in [7, 11) is 4.29. The Balaban J connectivity index is 1.80. The number of aliphatic hydroxyl groups is 2. The number of hydrogen-bond acceptors (Lipinski definition) is 3. The molecule has 3 nitrogen and oxygen atoms in total. The zero-order valence-electron chi connectivity index (χ0n) is 18.9. The quantitative estimate of drug-likeness (QED) is 0.329. The summed E-state index contributed by atoms with van der Waals surface area (Å²) in [5.74, 6) is 1.40. The molecule has 0 amide bonds. The summed E-state index contributed by atoms with van der Waals surface area (Å²) in [6.45, 7) is 5.44. The van der Waals surface area contributed by atoms with E-state index < -0.39 is 5.60 Å². The molecule has 162 valence electrons. The van der Waals surface area contributed by atoms with Crippen LogP contribution in [0.1, 0.15) is 84.5 Å². The lowest BCUT2D eigenvalue weighted by atomic mass is 9.86. The molecule has 0 unspecified atom stereocenters. The van der Waals surface area contributed by atoms with E-state index in [1.54, 1.807) is 5.57 Å². The molecular formula is C25H45NO2. The standard InChI is InChI=1S/C25H45NO2/c1-5-7-14-25(28,6-2)15-11-13-22-23-18-20(17-21(23)19-24(22)27)12-9-8-10-16-26(3)4/h11,13,17,21-24,27-28H,5-10,12,14-16,18-19H2,1-4H3/t21-,22+,23-,24+,25-/m0/s1. The van der Waals surface area contributed by atoms with E-state index in [-0.39, 0.29) is 12.0 Å². The number of hydrogen-bond donors (Lipinski definition) is 2. The molecule has 0 aliphatic heterocycles. The lowest BCUT2D eigenvalue weighted by molar-refractivity contribution is 0.0280. The van der Waals surface area contributed by atoms with Crippen molar-refractivity contribution in [3.63, 3.8) is 0 Å². The van der Waals surface area contributed by atoms with E-state index in [1.165, 1.54) is 32.2 Å². The van der Waals surface area contributed by atoms with Crippen LogP contribution < -0.4 is 0 Å². The number of nitrogens with zero attached hydrogens (tertiary/aromatic N) is 1. The van der Waals surface area contributed by atoms with Gasteiger partial charge in [0, 0.05) is 5.92 Å². The van der Waals surface area contributed by atoms with Gasteiger partial charge in [-0.3, -0.25) is 0 Å². The highest BCUT2D eigenvalue weighted by Gasteiger charge is 2.43. The largest absolute Gasteiger partial charge is 0.392 e. The first-order valence-electron chi connectivity index (χ1n) is 11.8. The van der Waals surface area contributed by atoms with Gasteiger partial charge in [-0.25, -0.2) is 0 Å². The fourth-order valence-electron chi connectivity index (χ4n) is 5.12. The Hall–Kier alpha value is -0.640. The molecule has 0 aromatic heterocycles. The minimum absolute atomic E-state index is 0.213. The topological polar surface area (TPSA) is 43.7 Å². The maximum Gasteiger partial charge on any atom is 0.0679 e. The van der Waals surface area contributed by atoms with E-state index in [0.29, 0.717) is 11.8 Å². The van der Waals surface area contributed by atoms with E-state index in [9.17, 15) is 10.2 Å².